The van der Waals surface area contributed by atoms with Gasteiger partial charge in [-0.05, 0) is 43.7 Å². The zero-order chi connectivity index (χ0) is 18.2. The number of carbonyl (C=O) groups excluding carboxylic acids is 2. The summed E-state index contributed by atoms with van der Waals surface area (Å²) >= 11 is 0. The summed E-state index contributed by atoms with van der Waals surface area (Å²) in [5.74, 6) is -0.836. The Labute approximate surface area is 144 Å². The Hall–Kier alpha value is -3.09. The van der Waals surface area contributed by atoms with Crippen LogP contribution in [0.4, 0.5) is 26.2 Å². The SMILES string of the molecule is CC1(C)C(=O)NC(=O)N1Cc1ccccc1Nc1ccc(N)c(F)c1. The number of imide groups is 1. The van der Waals surface area contributed by atoms with Gasteiger partial charge in [0.25, 0.3) is 5.91 Å². The Morgan fingerprint density at radius 3 is 2.56 bits per heavy atom. The number of rotatable bonds is 4. The number of nitrogens with one attached hydrogen (secondary N) is 2. The van der Waals surface area contributed by atoms with Crippen LogP contribution in [0.15, 0.2) is 42.5 Å². The summed E-state index contributed by atoms with van der Waals surface area (Å²) in [5, 5.41) is 5.45. The zero-order valence-electron chi connectivity index (χ0n) is 14.0. The molecule has 2 aromatic carbocycles. The molecule has 0 aliphatic carbocycles. The Bertz CT molecular complexity index is 851. The van der Waals surface area contributed by atoms with Crippen LogP contribution in [0.2, 0.25) is 0 Å². The maximum Gasteiger partial charge on any atom is 0.325 e. The third-order valence-electron chi connectivity index (χ3n) is 4.32. The van der Waals surface area contributed by atoms with Gasteiger partial charge in [0.2, 0.25) is 0 Å². The number of nitrogens with zero attached hydrogens (tertiary/aromatic N) is 1. The predicted octanol–water partition coefficient (Wildman–Crippen LogP) is 2.98. The molecule has 7 heteroatoms. The molecule has 3 amide bonds. The van der Waals surface area contributed by atoms with E-state index in [1.165, 1.54) is 17.0 Å². The number of carbonyl (C=O) groups is 2. The second-order valence-corrected chi connectivity index (χ2v) is 6.42. The van der Waals surface area contributed by atoms with Crippen molar-refractivity contribution < 1.29 is 14.0 Å². The van der Waals surface area contributed by atoms with Crippen molar-refractivity contribution in [3.05, 3.63) is 53.8 Å². The van der Waals surface area contributed by atoms with Crippen molar-refractivity contribution in [1.82, 2.24) is 10.2 Å². The van der Waals surface area contributed by atoms with Gasteiger partial charge in [-0.2, -0.15) is 0 Å². The molecule has 6 nitrogen and oxygen atoms in total. The van der Waals surface area contributed by atoms with E-state index < -0.39 is 17.4 Å². The molecule has 0 unspecified atom stereocenters. The van der Waals surface area contributed by atoms with E-state index in [0.717, 1.165) is 11.3 Å². The summed E-state index contributed by atoms with van der Waals surface area (Å²) in [6.07, 6.45) is 0. The second-order valence-electron chi connectivity index (χ2n) is 6.42. The van der Waals surface area contributed by atoms with Crippen LogP contribution in [-0.4, -0.2) is 22.4 Å². The topological polar surface area (TPSA) is 87.5 Å². The van der Waals surface area contributed by atoms with E-state index in [-0.39, 0.29) is 18.1 Å². The van der Waals surface area contributed by atoms with Crippen LogP contribution in [0.25, 0.3) is 0 Å². The maximum atomic E-state index is 13.6. The fourth-order valence-corrected chi connectivity index (χ4v) is 2.67. The number of benzene rings is 2. The fourth-order valence-electron chi connectivity index (χ4n) is 2.67. The average molecular weight is 342 g/mol. The predicted molar refractivity (Wildman–Crippen MR) is 93.7 cm³/mol. The molecular formula is C18H19FN4O2. The van der Waals surface area contributed by atoms with Crippen LogP contribution >= 0.6 is 0 Å². The lowest BCUT2D eigenvalue weighted by molar-refractivity contribution is -0.125. The van der Waals surface area contributed by atoms with Gasteiger partial charge in [0.1, 0.15) is 11.4 Å². The minimum absolute atomic E-state index is 0.0767. The lowest BCUT2D eigenvalue weighted by atomic mass is 10.0. The number of urea groups is 1. The largest absolute Gasteiger partial charge is 0.396 e. The van der Waals surface area contributed by atoms with E-state index in [2.05, 4.69) is 10.6 Å². The number of halogens is 1. The summed E-state index contributed by atoms with van der Waals surface area (Å²) in [6, 6.07) is 11.4. The van der Waals surface area contributed by atoms with Gasteiger partial charge in [-0.3, -0.25) is 10.1 Å². The van der Waals surface area contributed by atoms with Gasteiger partial charge in [0, 0.05) is 11.4 Å². The molecule has 3 rings (SSSR count). The van der Waals surface area contributed by atoms with Crippen LogP contribution < -0.4 is 16.4 Å². The molecular weight excluding hydrogens is 323 g/mol. The first kappa shape index (κ1) is 16.8. The molecule has 1 saturated heterocycles. The molecule has 25 heavy (non-hydrogen) atoms. The van der Waals surface area contributed by atoms with Crippen LogP contribution in [0.1, 0.15) is 19.4 Å². The van der Waals surface area contributed by atoms with E-state index in [9.17, 15) is 14.0 Å². The fraction of sp³-hybridized carbons (Fsp3) is 0.222. The van der Waals surface area contributed by atoms with Crippen molar-refractivity contribution in [2.24, 2.45) is 0 Å². The molecule has 1 heterocycles. The first-order valence-corrected chi connectivity index (χ1v) is 7.82. The number of anilines is 3. The van der Waals surface area contributed by atoms with Gasteiger partial charge in [-0.1, -0.05) is 18.2 Å². The Kier molecular flexibility index (Phi) is 4.08. The molecule has 0 radical (unpaired) electrons. The lowest BCUT2D eigenvalue weighted by Crippen LogP contribution is -2.43. The molecule has 0 aromatic heterocycles. The highest BCUT2D eigenvalue weighted by Gasteiger charge is 2.45. The number of hydrogen-bond acceptors (Lipinski definition) is 4. The normalized spacial score (nSPS) is 16.0. The van der Waals surface area contributed by atoms with Crippen molar-refractivity contribution in [3.8, 4) is 0 Å². The Morgan fingerprint density at radius 2 is 1.92 bits per heavy atom. The molecule has 0 saturated carbocycles. The third-order valence-corrected chi connectivity index (χ3v) is 4.32. The van der Waals surface area contributed by atoms with Gasteiger partial charge < -0.3 is 16.0 Å². The quantitative estimate of drug-likeness (QED) is 0.589. The van der Waals surface area contributed by atoms with Crippen LogP contribution in [-0.2, 0) is 11.3 Å². The lowest BCUT2D eigenvalue weighted by Gasteiger charge is -2.28. The highest BCUT2D eigenvalue weighted by atomic mass is 19.1. The van der Waals surface area contributed by atoms with Gasteiger partial charge in [-0.25, -0.2) is 9.18 Å². The number of hydrogen-bond donors (Lipinski definition) is 3. The molecule has 1 fully saturated rings. The number of para-hydroxylation sites is 1. The number of nitrogen functional groups attached to an aromatic ring is 1. The summed E-state index contributed by atoms with van der Waals surface area (Å²) in [7, 11) is 0. The smallest absolute Gasteiger partial charge is 0.325 e. The Morgan fingerprint density at radius 1 is 1.20 bits per heavy atom. The van der Waals surface area contributed by atoms with Crippen molar-refractivity contribution in [2.45, 2.75) is 25.9 Å². The van der Waals surface area contributed by atoms with Crippen LogP contribution in [0, 0.1) is 5.82 Å². The van der Waals surface area contributed by atoms with Crippen molar-refractivity contribution in [3.63, 3.8) is 0 Å². The van der Waals surface area contributed by atoms with Crippen molar-refractivity contribution >= 4 is 29.0 Å². The average Bonchev–Trinajstić information content (AvgIpc) is 2.75. The molecule has 1 aliphatic heterocycles. The molecule has 0 spiro atoms. The molecule has 0 bridgehead atoms. The highest BCUT2D eigenvalue weighted by Crippen LogP contribution is 2.28. The first-order valence-electron chi connectivity index (χ1n) is 7.82. The van der Waals surface area contributed by atoms with Gasteiger partial charge in [-0.15, -0.1) is 0 Å². The van der Waals surface area contributed by atoms with Gasteiger partial charge >= 0.3 is 6.03 Å². The van der Waals surface area contributed by atoms with Crippen molar-refractivity contribution in [2.75, 3.05) is 11.1 Å². The van der Waals surface area contributed by atoms with Crippen molar-refractivity contribution in [1.29, 1.82) is 0 Å². The molecule has 130 valence electrons. The van der Waals surface area contributed by atoms with E-state index in [1.54, 1.807) is 19.9 Å². The van der Waals surface area contributed by atoms with Crippen LogP contribution in [0.3, 0.4) is 0 Å². The van der Waals surface area contributed by atoms with E-state index >= 15 is 0 Å². The summed E-state index contributed by atoms with van der Waals surface area (Å²) in [4.78, 5) is 25.4. The minimum Gasteiger partial charge on any atom is -0.396 e. The molecule has 1 aliphatic rings. The standard InChI is InChI=1S/C18H19FN4O2/c1-18(2)16(24)22-17(25)23(18)10-11-5-3-4-6-15(11)21-12-7-8-14(20)13(19)9-12/h3-9,21H,10,20H2,1-2H3,(H,22,24,25). The summed E-state index contributed by atoms with van der Waals surface area (Å²) < 4.78 is 13.6. The second kappa shape index (κ2) is 6.08. The maximum absolute atomic E-state index is 13.6. The monoisotopic (exact) mass is 342 g/mol. The minimum atomic E-state index is -0.933. The Balaban J connectivity index is 1.87. The number of amides is 3. The molecule has 4 N–H and O–H groups in total. The first-order chi connectivity index (χ1) is 11.8. The molecule has 2 aromatic rings. The zero-order valence-corrected chi connectivity index (χ0v) is 14.0. The van der Waals surface area contributed by atoms with E-state index in [0.29, 0.717) is 5.69 Å². The number of nitrogens with two attached hydrogens (primary N) is 1. The van der Waals surface area contributed by atoms with Crippen LogP contribution in [0.5, 0.6) is 0 Å². The highest BCUT2D eigenvalue weighted by molar-refractivity contribution is 6.06. The van der Waals surface area contributed by atoms with E-state index in [1.807, 2.05) is 24.3 Å². The summed E-state index contributed by atoms with van der Waals surface area (Å²) in [6.45, 7) is 3.63. The molecule has 0 atom stereocenters. The van der Waals surface area contributed by atoms with Gasteiger partial charge in [0.15, 0.2) is 0 Å². The van der Waals surface area contributed by atoms with E-state index in [4.69, 9.17) is 5.73 Å². The summed E-state index contributed by atoms with van der Waals surface area (Å²) in [5.41, 5.74) is 6.70. The van der Waals surface area contributed by atoms with Gasteiger partial charge in [0.05, 0.1) is 12.2 Å². The third kappa shape index (κ3) is 3.13.